The van der Waals surface area contributed by atoms with Crippen molar-refractivity contribution in [3.63, 3.8) is 0 Å². The molecule has 0 heterocycles. The van der Waals surface area contributed by atoms with E-state index in [0.717, 1.165) is 0 Å². The zero-order valence-electron chi connectivity index (χ0n) is 13.0. The molecule has 0 radical (unpaired) electrons. The van der Waals surface area contributed by atoms with Gasteiger partial charge in [0.05, 0.1) is 5.75 Å². The number of para-hydroxylation sites is 1. The summed E-state index contributed by atoms with van der Waals surface area (Å²) >= 11 is 0. The molecule has 0 aliphatic rings. The summed E-state index contributed by atoms with van der Waals surface area (Å²) in [4.78, 5) is 11.9. The van der Waals surface area contributed by atoms with Crippen molar-refractivity contribution in [2.45, 2.75) is 27.7 Å². The fourth-order valence-electron chi connectivity index (χ4n) is 1.59. The molecule has 21 heavy (non-hydrogen) atoms. The van der Waals surface area contributed by atoms with Crippen LogP contribution >= 0.6 is 0 Å². The molecule has 0 aliphatic carbocycles. The summed E-state index contributed by atoms with van der Waals surface area (Å²) in [6.07, 6.45) is 0. The molecule has 1 amide bonds. The van der Waals surface area contributed by atoms with E-state index < -0.39 is 10.0 Å². The molecule has 0 bridgehead atoms. The number of hydrogen-bond donors (Lipinski definition) is 2. The number of nitrogens with one attached hydrogen (secondary N) is 2. The molecule has 2 N–H and O–H groups in total. The molecule has 0 saturated carbocycles. The van der Waals surface area contributed by atoms with Crippen LogP contribution in [0.1, 0.15) is 27.7 Å². The predicted molar refractivity (Wildman–Crippen MR) is 85.5 cm³/mol. The summed E-state index contributed by atoms with van der Waals surface area (Å²) in [6, 6.07) is 8.68. The second kappa shape index (κ2) is 6.93. The van der Waals surface area contributed by atoms with Gasteiger partial charge in [0.15, 0.2) is 0 Å². The first-order valence-electron chi connectivity index (χ1n) is 6.95. The molecule has 5 nitrogen and oxygen atoms in total. The minimum absolute atomic E-state index is 0.0986. The van der Waals surface area contributed by atoms with Crippen molar-refractivity contribution in [2.24, 2.45) is 11.3 Å². The summed E-state index contributed by atoms with van der Waals surface area (Å²) in [5.41, 5.74) is 0.373. The SMILES string of the molecule is CC(C(=O)NCCS(=O)(=O)Nc1ccccc1)C(C)(C)C. The van der Waals surface area contributed by atoms with Crippen LogP contribution in [0.2, 0.25) is 0 Å². The van der Waals surface area contributed by atoms with Crippen molar-refractivity contribution in [1.82, 2.24) is 5.32 Å². The number of carbonyl (C=O) groups is 1. The van der Waals surface area contributed by atoms with Gasteiger partial charge in [0.2, 0.25) is 15.9 Å². The predicted octanol–water partition coefficient (Wildman–Crippen LogP) is 2.23. The zero-order chi connectivity index (χ0) is 16.1. The van der Waals surface area contributed by atoms with Crippen LogP contribution in [0.4, 0.5) is 5.69 Å². The molecule has 1 unspecified atom stereocenters. The average molecular weight is 312 g/mol. The molecule has 1 aromatic rings. The molecule has 0 aliphatic heterocycles. The Bertz CT molecular complexity index is 562. The van der Waals surface area contributed by atoms with Crippen molar-refractivity contribution < 1.29 is 13.2 Å². The fraction of sp³-hybridized carbons (Fsp3) is 0.533. The minimum Gasteiger partial charge on any atom is -0.355 e. The van der Waals surface area contributed by atoms with Gasteiger partial charge in [-0.25, -0.2) is 8.42 Å². The summed E-state index contributed by atoms with van der Waals surface area (Å²) in [5, 5.41) is 2.67. The smallest absolute Gasteiger partial charge is 0.234 e. The molecule has 1 rings (SSSR count). The maximum Gasteiger partial charge on any atom is 0.234 e. The van der Waals surface area contributed by atoms with Gasteiger partial charge in [-0.15, -0.1) is 0 Å². The standard InChI is InChI=1S/C15H24N2O3S/c1-12(15(2,3)4)14(18)16-10-11-21(19,20)17-13-8-6-5-7-9-13/h5-9,12,17H,10-11H2,1-4H3,(H,16,18). The minimum atomic E-state index is -3.46. The molecule has 6 heteroatoms. The van der Waals surface area contributed by atoms with Crippen LogP contribution in [0.5, 0.6) is 0 Å². The van der Waals surface area contributed by atoms with Gasteiger partial charge < -0.3 is 5.32 Å². The van der Waals surface area contributed by atoms with E-state index >= 15 is 0 Å². The topological polar surface area (TPSA) is 75.3 Å². The maximum absolute atomic E-state index is 11.9. The van der Waals surface area contributed by atoms with E-state index in [1.165, 1.54) is 0 Å². The van der Waals surface area contributed by atoms with E-state index in [-0.39, 0.29) is 29.5 Å². The Labute approximate surface area is 127 Å². The van der Waals surface area contributed by atoms with E-state index in [1.807, 2.05) is 33.8 Å². The number of rotatable bonds is 6. The third-order valence-electron chi connectivity index (χ3n) is 3.41. The quantitative estimate of drug-likeness (QED) is 0.846. The Morgan fingerprint density at radius 3 is 2.29 bits per heavy atom. The third-order valence-corrected chi connectivity index (χ3v) is 4.70. The van der Waals surface area contributed by atoms with Gasteiger partial charge in [0.1, 0.15) is 0 Å². The number of benzene rings is 1. The van der Waals surface area contributed by atoms with Gasteiger partial charge in [-0.05, 0) is 17.5 Å². The highest BCUT2D eigenvalue weighted by Crippen LogP contribution is 2.25. The highest BCUT2D eigenvalue weighted by atomic mass is 32.2. The summed E-state index contributed by atoms with van der Waals surface area (Å²) < 4.78 is 26.2. The van der Waals surface area contributed by atoms with Crippen molar-refractivity contribution in [3.05, 3.63) is 30.3 Å². The lowest BCUT2D eigenvalue weighted by molar-refractivity contribution is -0.127. The first-order chi connectivity index (χ1) is 9.62. The van der Waals surface area contributed by atoms with Gasteiger partial charge in [0.25, 0.3) is 0 Å². The zero-order valence-corrected chi connectivity index (χ0v) is 13.8. The lowest BCUT2D eigenvalue weighted by Crippen LogP contribution is -2.38. The number of carbonyl (C=O) groups excluding carboxylic acids is 1. The van der Waals surface area contributed by atoms with Crippen molar-refractivity contribution in [2.75, 3.05) is 17.0 Å². The highest BCUT2D eigenvalue weighted by Gasteiger charge is 2.26. The number of hydrogen-bond acceptors (Lipinski definition) is 3. The van der Waals surface area contributed by atoms with Crippen LogP contribution in [0.3, 0.4) is 0 Å². The molecule has 0 fully saturated rings. The van der Waals surface area contributed by atoms with Crippen molar-refractivity contribution in [1.29, 1.82) is 0 Å². The summed E-state index contributed by atoms with van der Waals surface area (Å²) in [6.45, 7) is 7.87. The van der Waals surface area contributed by atoms with E-state index in [9.17, 15) is 13.2 Å². The Balaban J connectivity index is 2.46. The van der Waals surface area contributed by atoms with Gasteiger partial charge in [-0.3, -0.25) is 9.52 Å². The Hall–Kier alpha value is -1.56. The number of anilines is 1. The molecule has 0 spiro atoms. The third kappa shape index (κ3) is 6.16. The van der Waals surface area contributed by atoms with Crippen LogP contribution < -0.4 is 10.0 Å². The monoisotopic (exact) mass is 312 g/mol. The molecule has 118 valence electrons. The molecule has 1 atom stereocenters. The fourth-order valence-corrected chi connectivity index (χ4v) is 2.56. The van der Waals surface area contributed by atoms with Crippen molar-refractivity contribution in [3.8, 4) is 0 Å². The normalized spacial score (nSPS) is 13.5. The van der Waals surface area contributed by atoms with E-state index in [4.69, 9.17) is 0 Å². The molecule has 0 aromatic heterocycles. The average Bonchev–Trinajstić information content (AvgIpc) is 2.37. The highest BCUT2D eigenvalue weighted by molar-refractivity contribution is 7.92. The van der Waals surface area contributed by atoms with Crippen LogP contribution in [-0.4, -0.2) is 26.6 Å². The molecular weight excluding hydrogens is 288 g/mol. The first-order valence-corrected chi connectivity index (χ1v) is 8.60. The van der Waals surface area contributed by atoms with E-state index in [2.05, 4.69) is 10.0 Å². The van der Waals surface area contributed by atoms with Crippen LogP contribution in [0.15, 0.2) is 30.3 Å². The van der Waals surface area contributed by atoms with Crippen LogP contribution in [0.25, 0.3) is 0 Å². The van der Waals surface area contributed by atoms with Gasteiger partial charge >= 0.3 is 0 Å². The lowest BCUT2D eigenvalue weighted by Gasteiger charge is -2.26. The number of amides is 1. The summed E-state index contributed by atoms with van der Waals surface area (Å²) in [5.74, 6) is -0.454. The number of sulfonamides is 1. The van der Waals surface area contributed by atoms with Gasteiger partial charge in [0, 0.05) is 18.2 Å². The largest absolute Gasteiger partial charge is 0.355 e. The van der Waals surface area contributed by atoms with Crippen molar-refractivity contribution >= 4 is 21.6 Å². The molecule has 0 saturated heterocycles. The van der Waals surface area contributed by atoms with E-state index in [0.29, 0.717) is 5.69 Å². The maximum atomic E-state index is 11.9. The molecule has 1 aromatic carbocycles. The Kier molecular flexibility index (Phi) is 5.78. The molecular formula is C15H24N2O3S. The first kappa shape index (κ1) is 17.5. The van der Waals surface area contributed by atoms with Gasteiger partial charge in [-0.2, -0.15) is 0 Å². The second-order valence-electron chi connectivity index (χ2n) is 6.17. The van der Waals surface area contributed by atoms with Crippen LogP contribution in [-0.2, 0) is 14.8 Å². The van der Waals surface area contributed by atoms with E-state index in [1.54, 1.807) is 24.3 Å². The van der Waals surface area contributed by atoms with Crippen LogP contribution in [0, 0.1) is 11.3 Å². The van der Waals surface area contributed by atoms with Gasteiger partial charge in [-0.1, -0.05) is 45.9 Å². The Morgan fingerprint density at radius 2 is 1.76 bits per heavy atom. The summed E-state index contributed by atoms with van der Waals surface area (Å²) in [7, 11) is -3.46. The second-order valence-corrected chi connectivity index (χ2v) is 8.01. The Morgan fingerprint density at radius 1 is 1.19 bits per heavy atom. The lowest BCUT2D eigenvalue weighted by atomic mass is 9.81.